The fourth-order valence-corrected chi connectivity index (χ4v) is 4.10. The Morgan fingerprint density at radius 3 is 2.81 bits per heavy atom. The van der Waals surface area contributed by atoms with Gasteiger partial charge in [0.25, 0.3) is 5.91 Å². The number of nitrogens with one attached hydrogen (secondary N) is 1. The van der Waals surface area contributed by atoms with E-state index in [2.05, 4.69) is 27.8 Å². The number of amides is 2. The van der Waals surface area contributed by atoms with Crippen LogP contribution in [0.1, 0.15) is 10.4 Å². The molecule has 1 aromatic heterocycles. The first-order valence-corrected chi connectivity index (χ1v) is 10.2. The van der Waals surface area contributed by atoms with Gasteiger partial charge < -0.3 is 5.32 Å². The molecule has 0 atom stereocenters. The van der Waals surface area contributed by atoms with E-state index in [1.165, 1.54) is 16.2 Å². The molecule has 1 N–H and O–H groups in total. The molecular weight excluding hydrogens is 448 g/mol. The van der Waals surface area contributed by atoms with Crippen LogP contribution in [-0.4, -0.2) is 24.9 Å². The lowest BCUT2D eigenvalue weighted by Gasteiger charge is -2.22. The lowest BCUT2D eigenvalue weighted by Crippen LogP contribution is -2.41. The van der Waals surface area contributed by atoms with Crippen LogP contribution < -0.4 is 10.2 Å². The van der Waals surface area contributed by atoms with Crippen molar-refractivity contribution in [1.82, 2.24) is 5.32 Å². The molecule has 0 unspecified atom stereocenters. The molecule has 7 heteroatoms. The van der Waals surface area contributed by atoms with Gasteiger partial charge in [-0.15, -0.1) is 17.9 Å². The maximum absolute atomic E-state index is 13.3. The second-order valence-electron chi connectivity index (χ2n) is 5.75. The molecule has 0 saturated heterocycles. The van der Waals surface area contributed by atoms with Gasteiger partial charge in [-0.25, -0.2) is 0 Å². The van der Waals surface area contributed by atoms with Crippen molar-refractivity contribution in [3.8, 4) is 0 Å². The van der Waals surface area contributed by atoms with Crippen LogP contribution in [0, 0.1) is 0 Å². The number of fused-ring (bicyclic) bond motifs is 1. The largest absolute Gasteiger partial charge is 0.351 e. The average molecular weight is 464 g/mol. The number of anilines is 1. The minimum Gasteiger partial charge on any atom is -0.351 e. The summed E-state index contributed by atoms with van der Waals surface area (Å²) in [7, 11) is 0. The fraction of sp³-hybridized carbons (Fsp3) is 0.100. The molecule has 0 spiro atoms. The summed E-state index contributed by atoms with van der Waals surface area (Å²) in [5.41, 5.74) is 1.15. The first kappa shape index (κ1) is 19.6. The summed E-state index contributed by atoms with van der Waals surface area (Å²) < 4.78 is 1.79. The first-order valence-electron chi connectivity index (χ1n) is 8.11. The van der Waals surface area contributed by atoms with Gasteiger partial charge >= 0.3 is 0 Å². The van der Waals surface area contributed by atoms with Gasteiger partial charge in [0.15, 0.2) is 0 Å². The molecule has 0 aliphatic heterocycles. The van der Waals surface area contributed by atoms with Crippen LogP contribution >= 0.6 is 38.9 Å². The number of nitrogens with zero attached hydrogens (tertiary/aromatic N) is 1. The van der Waals surface area contributed by atoms with Crippen molar-refractivity contribution in [2.75, 3.05) is 18.0 Å². The fourth-order valence-electron chi connectivity index (χ4n) is 2.62. The molecule has 3 aromatic rings. The molecule has 2 aromatic carbocycles. The third kappa shape index (κ3) is 4.58. The first-order chi connectivity index (χ1) is 13.0. The standard InChI is InChI=1S/C20H16BrClN2O2S/c1-2-8-23-19(25)11-24(15-5-3-4-13(21)9-15)20(26)17-12-27-18-7-6-14(22)10-16(17)18/h2-7,9-10,12H,1,8,11H2,(H,23,25). The smallest absolute Gasteiger partial charge is 0.260 e. The van der Waals surface area contributed by atoms with E-state index in [0.717, 1.165) is 14.6 Å². The molecule has 1 heterocycles. The normalized spacial score (nSPS) is 10.6. The topological polar surface area (TPSA) is 49.4 Å². The van der Waals surface area contributed by atoms with Crippen LogP contribution in [0.3, 0.4) is 0 Å². The number of rotatable bonds is 6. The molecule has 0 saturated carbocycles. The number of carbonyl (C=O) groups excluding carboxylic acids is 2. The number of benzene rings is 2. The third-order valence-electron chi connectivity index (χ3n) is 3.88. The van der Waals surface area contributed by atoms with Crippen molar-refractivity contribution in [3.63, 3.8) is 0 Å². The summed E-state index contributed by atoms with van der Waals surface area (Å²) in [4.78, 5) is 27.1. The quantitative estimate of drug-likeness (QED) is 0.507. The van der Waals surface area contributed by atoms with Crippen molar-refractivity contribution in [1.29, 1.82) is 0 Å². The average Bonchev–Trinajstić information content (AvgIpc) is 3.07. The second-order valence-corrected chi connectivity index (χ2v) is 8.02. The maximum Gasteiger partial charge on any atom is 0.260 e. The zero-order valence-electron chi connectivity index (χ0n) is 14.2. The zero-order chi connectivity index (χ0) is 19.4. The molecule has 4 nitrogen and oxygen atoms in total. The number of hydrogen-bond donors (Lipinski definition) is 1. The Balaban J connectivity index is 2.00. The summed E-state index contributed by atoms with van der Waals surface area (Å²) >= 11 is 11.0. The van der Waals surface area contributed by atoms with Crippen molar-refractivity contribution in [2.24, 2.45) is 0 Å². The number of thiophene rings is 1. The number of hydrogen-bond acceptors (Lipinski definition) is 3. The van der Waals surface area contributed by atoms with Crippen LogP contribution in [0.25, 0.3) is 10.1 Å². The van der Waals surface area contributed by atoms with Gasteiger partial charge in [-0.3, -0.25) is 14.5 Å². The van der Waals surface area contributed by atoms with E-state index in [4.69, 9.17) is 11.6 Å². The van der Waals surface area contributed by atoms with E-state index in [0.29, 0.717) is 22.8 Å². The second kappa shape index (κ2) is 8.69. The van der Waals surface area contributed by atoms with E-state index < -0.39 is 0 Å². The third-order valence-corrected chi connectivity index (χ3v) is 5.57. The Kier molecular flexibility index (Phi) is 6.31. The van der Waals surface area contributed by atoms with Gasteiger partial charge in [0.05, 0.1) is 5.56 Å². The van der Waals surface area contributed by atoms with E-state index in [1.54, 1.807) is 35.7 Å². The SMILES string of the molecule is C=CCNC(=O)CN(C(=O)c1csc2ccc(Cl)cc12)c1cccc(Br)c1. The summed E-state index contributed by atoms with van der Waals surface area (Å²) in [6.07, 6.45) is 1.59. The summed E-state index contributed by atoms with van der Waals surface area (Å²) in [6.45, 7) is 3.83. The molecule has 3 rings (SSSR count). The van der Waals surface area contributed by atoms with Gasteiger partial charge in [-0.2, -0.15) is 0 Å². The Morgan fingerprint density at radius 1 is 1.26 bits per heavy atom. The van der Waals surface area contributed by atoms with Crippen LogP contribution in [0.2, 0.25) is 5.02 Å². The van der Waals surface area contributed by atoms with Crippen LogP contribution in [0.4, 0.5) is 5.69 Å². The zero-order valence-corrected chi connectivity index (χ0v) is 17.4. The Bertz CT molecular complexity index is 1020. The summed E-state index contributed by atoms with van der Waals surface area (Å²) in [6, 6.07) is 12.7. The predicted octanol–water partition coefficient (Wildman–Crippen LogP) is 5.27. The molecule has 0 aliphatic rings. The highest BCUT2D eigenvalue weighted by molar-refractivity contribution is 9.10. The van der Waals surface area contributed by atoms with Crippen molar-refractivity contribution in [2.45, 2.75) is 0 Å². The molecule has 0 bridgehead atoms. The van der Waals surface area contributed by atoms with E-state index >= 15 is 0 Å². The van der Waals surface area contributed by atoms with Crippen molar-refractivity contribution >= 4 is 66.5 Å². The molecule has 138 valence electrons. The number of halogens is 2. The lowest BCUT2D eigenvalue weighted by atomic mass is 10.1. The Hall–Kier alpha value is -2.15. The molecular formula is C20H16BrClN2O2S. The number of carbonyl (C=O) groups is 2. The molecule has 27 heavy (non-hydrogen) atoms. The highest BCUT2D eigenvalue weighted by Crippen LogP contribution is 2.31. The monoisotopic (exact) mass is 462 g/mol. The highest BCUT2D eigenvalue weighted by Gasteiger charge is 2.23. The van der Waals surface area contributed by atoms with Crippen LogP contribution in [-0.2, 0) is 4.79 Å². The lowest BCUT2D eigenvalue weighted by molar-refractivity contribution is -0.119. The van der Waals surface area contributed by atoms with E-state index in [1.807, 2.05) is 18.2 Å². The van der Waals surface area contributed by atoms with Crippen molar-refractivity contribution in [3.05, 3.63) is 75.6 Å². The van der Waals surface area contributed by atoms with Gasteiger partial charge in [0, 0.05) is 37.2 Å². The minimum atomic E-state index is -0.263. The Labute approximate surface area is 174 Å². The maximum atomic E-state index is 13.3. The summed E-state index contributed by atoms with van der Waals surface area (Å²) in [5, 5.41) is 5.86. The van der Waals surface area contributed by atoms with Gasteiger partial charge in [0.1, 0.15) is 6.54 Å². The van der Waals surface area contributed by atoms with Crippen LogP contribution in [0.15, 0.2) is 65.0 Å². The van der Waals surface area contributed by atoms with Gasteiger partial charge in [0.2, 0.25) is 5.91 Å². The van der Waals surface area contributed by atoms with E-state index in [9.17, 15) is 9.59 Å². The van der Waals surface area contributed by atoms with Crippen molar-refractivity contribution < 1.29 is 9.59 Å². The molecule has 2 amide bonds. The molecule has 0 radical (unpaired) electrons. The Morgan fingerprint density at radius 2 is 2.07 bits per heavy atom. The highest BCUT2D eigenvalue weighted by atomic mass is 79.9. The summed E-state index contributed by atoms with van der Waals surface area (Å²) in [5.74, 6) is -0.517. The van der Waals surface area contributed by atoms with Gasteiger partial charge in [-0.1, -0.05) is 39.7 Å². The minimum absolute atomic E-state index is 0.0962. The van der Waals surface area contributed by atoms with Crippen LogP contribution in [0.5, 0.6) is 0 Å². The molecule has 0 aliphatic carbocycles. The predicted molar refractivity (Wildman–Crippen MR) is 116 cm³/mol. The van der Waals surface area contributed by atoms with Gasteiger partial charge in [-0.05, 0) is 36.4 Å². The molecule has 0 fully saturated rings. The van der Waals surface area contributed by atoms with E-state index in [-0.39, 0.29) is 18.4 Å².